The third kappa shape index (κ3) is 2.38. The maximum Gasteiger partial charge on any atom is 0.0975 e. The van der Waals surface area contributed by atoms with Crippen LogP contribution in [0.25, 0.3) is 0 Å². The van der Waals surface area contributed by atoms with Crippen molar-refractivity contribution in [2.24, 2.45) is 16.6 Å². The molecule has 1 atom stereocenters. The third-order valence-electron chi connectivity index (χ3n) is 3.15. The number of aliphatic imine (C=N–C) groups is 1. The van der Waals surface area contributed by atoms with E-state index in [0.717, 1.165) is 5.84 Å². The minimum absolute atomic E-state index is 0.187. The number of benzene rings is 1. The van der Waals surface area contributed by atoms with E-state index in [1.165, 1.54) is 24.8 Å². The molecule has 15 heavy (non-hydrogen) atoms. The number of hydrogen-bond donors (Lipinski definition) is 1. The molecular formula is C13H18N2. The van der Waals surface area contributed by atoms with Crippen LogP contribution in [0.4, 0.5) is 0 Å². The maximum atomic E-state index is 5.97. The average Bonchev–Trinajstić information content (AvgIpc) is 2.16. The summed E-state index contributed by atoms with van der Waals surface area (Å²) in [5, 5.41) is 0. The molecule has 1 aliphatic rings. The molecule has 0 spiro atoms. The summed E-state index contributed by atoms with van der Waals surface area (Å²) in [6.07, 6.45) is 3.74. The van der Waals surface area contributed by atoms with Crippen molar-refractivity contribution in [3.05, 3.63) is 35.9 Å². The van der Waals surface area contributed by atoms with E-state index in [0.29, 0.717) is 5.92 Å². The highest BCUT2D eigenvalue weighted by atomic mass is 14.9. The second kappa shape index (κ2) is 4.47. The van der Waals surface area contributed by atoms with E-state index in [4.69, 9.17) is 5.73 Å². The zero-order valence-electron chi connectivity index (χ0n) is 9.19. The summed E-state index contributed by atoms with van der Waals surface area (Å²) in [5.41, 5.74) is 7.20. The fourth-order valence-corrected chi connectivity index (χ4v) is 1.84. The highest BCUT2D eigenvalue weighted by molar-refractivity contribution is 5.83. The van der Waals surface area contributed by atoms with E-state index in [2.05, 4.69) is 24.0 Å². The highest BCUT2D eigenvalue weighted by Gasteiger charge is 2.21. The minimum atomic E-state index is 0.187. The predicted molar refractivity (Wildman–Crippen MR) is 63.8 cm³/mol. The fourth-order valence-electron chi connectivity index (χ4n) is 1.84. The third-order valence-corrected chi connectivity index (χ3v) is 3.15. The van der Waals surface area contributed by atoms with Crippen LogP contribution in [-0.4, -0.2) is 5.84 Å². The van der Waals surface area contributed by atoms with Gasteiger partial charge in [0.25, 0.3) is 0 Å². The van der Waals surface area contributed by atoms with E-state index in [-0.39, 0.29) is 6.04 Å². The molecule has 1 fully saturated rings. The zero-order valence-corrected chi connectivity index (χ0v) is 9.19. The molecule has 0 heterocycles. The SMILES string of the molecule is C[C@H](N=C(N)C1CCC1)c1ccccc1. The lowest BCUT2D eigenvalue weighted by atomic mass is 9.84. The molecule has 80 valence electrons. The molecule has 2 heteroatoms. The van der Waals surface area contributed by atoms with Gasteiger partial charge >= 0.3 is 0 Å². The van der Waals surface area contributed by atoms with E-state index in [1.54, 1.807) is 0 Å². The molecule has 0 saturated heterocycles. The van der Waals surface area contributed by atoms with Gasteiger partial charge in [-0.1, -0.05) is 36.8 Å². The summed E-state index contributed by atoms with van der Waals surface area (Å²) < 4.78 is 0. The summed E-state index contributed by atoms with van der Waals surface area (Å²) in [6, 6.07) is 10.5. The smallest absolute Gasteiger partial charge is 0.0975 e. The second-order valence-corrected chi connectivity index (χ2v) is 4.27. The Labute approximate surface area is 91.2 Å². The van der Waals surface area contributed by atoms with Crippen molar-refractivity contribution in [1.82, 2.24) is 0 Å². The number of amidine groups is 1. The van der Waals surface area contributed by atoms with Crippen molar-refractivity contribution in [1.29, 1.82) is 0 Å². The molecule has 2 N–H and O–H groups in total. The first-order valence-electron chi connectivity index (χ1n) is 5.65. The van der Waals surface area contributed by atoms with Crippen molar-refractivity contribution < 1.29 is 0 Å². The van der Waals surface area contributed by atoms with Crippen molar-refractivity contribution in [2.75, 3.05) is 0 Å². The first-order valence-corrected chi connectivity index (χ1v) is 5.65. The lowest BCUT2D eigenvalue weighted by Gasteiger charge is -2.25. The molecule has 0 unspecified atom stereocenters. The van der Waals surface area contributed by atoms with Gasteiger partial charge < -0.3 is 5.73 Å². The minimum Gasteiger partial charge on any atom is -0.387 e. The van der Waals surface area contributed by atoms with Gasteiger partial charge in [0.1, 0.15) is 0 Å². The average molecular weight is 202 g/mol. The highest BCUT2D eigenvalue weighted by Crippen LogP contribution is 2.27. The Morgan fingerprint density at radius 3 is 2.53 bits per heavy atom. The van der Waals surface area contributed by atoms with Gasteiger partial charge in [0.05, 0.1) is 11.9 Å². The van der Waals surface area contributed by atoms with Gasteiger partial charge in [-0.2, -0.15) is 0 Å². The van der Waals surface area contributed by atoms with Gasteiger partial charge in [0.15, 0.2) is 0 Å². The summed E-state index contributed by atoms with van der Waals surface area (Å²) in [4.78, 5) is 4.56. The van der Waals surface area contributed by atoms with Gasteiger partial charge in [-0.25, -0.2) is 0 Å². The van der Waals surface area contributed by atoms with Crippen molar-refractivity contribution >= 4 is 5.84 Å². The van der Waals surface area contributed by atoms with Gasteiger partial charge in [-0.3, -0.25) is 4.99 Å². The van der Waals surface area contributed by atoms with E-state index in [1.807, 2.05) is 18.2 Å². The van der Waals surface area contributed by atoms with E-state index < -0.39 is 0 Å². The Bertz CT molecular complexity index is 339. The topological polar surface area (TPSA) is 38.4 Å². The molecule has 1 aliphatic carbocycles. The van der Waals surface area contributed by atoms with E-state index in [9.17, 15) is 0 Å². The Balaban J connectivity index is 2.05. The van der Waals surface area contributed by atoms with Crippen LogP contribution in [0, 0.1) is 5.92 Å². The number of hydrogen-bond acceptors (Lipinski definition) is 1. The quantitative estimate of drug-likeness (QED) is 0.594. The van der Waals surface area contributed by atoms with Crippen LogP contribution in [0.2, 0.25) is 0 Å². The lowest BCUT2D eigenvalue weighted by Crippen LogP contribution is -2.29. The van der Waals surface area contributed by atoms with Crippen LogP contribution in [0.15, 0.2) is 35.3 Å². The van der Waals surface area contributed by atoms with Gasteiger partial charge in [0, 0.05) is 5.92 Å². The van der Waals surface area contributed by atoms with Crippen molar-refractivity contribution in [3.8, 4) is 0 Å². The van der Waals surface area contributed by atoms with Crippen LogP contribution < -0.4 is 5.73 Å². The van der Waals surface area contributed by atoms with Crippen molar-refractivity contribution in [3.63, 3.8) is 0 Å². The number of rotatable bonds is 3. The Kier molecular flexibility index (Phi) is 3.05. The molecular weight excluding hydrogens is 184 g/mol. The first-order chi connectivity index (χ1) is 7.27. The standard InChI is InChI=1S/C13H18N2/c1-10(11-6-3-2-4-7-11)15-13(14)12-8-5-9-12/h2-4,6-7,10,12H,5,8-9H2,1H3,(H2,14,15)/t10-/m0/s1. The summed E-state index contributed by atoms with van der Waals surface area (Å²) in [6.45, 7) is 2.10. The van der Waals surface area contributed by atoms with Crippen LogP contribution in [-0.2, 0) is 0 Å². The molecule has 1 aromatic rings. The van der Waals surface area contributed by atoms with Gasteiger partial charge in [-0.15, -0.1) is 0 Å². The number of nitrogens with zero attached hydrogens (tertiary/aromatic N) is 1. The summed E-state index contributed by atoms with van der Waals surface area (Å²) >= 11 is 0. The molecule has 2 rings (SSSR count). The molecule has 0 aromatic heterocycles. The fraction of sp³-hybridized carbons (Fsp3) is 0.462. The summed E-state index contributed by atoms with van der Waals surface area (Å²) in [7, 11) is 0. The van der Waals surface area contributed by atoms with Crippen molar-refractivity contribution in [2.45, 2.75) is 32.2 Å². The van der Waals surface area contributed by atoms with Crippen LogP contribution in [0.3, 0.4) is 0 Å². The van der Waals surface area contributed by atoms with Gasteiger partial charge in [-0.05, 0) is 25.3 Å². The lowest BCUT2D eigenvalue weighted by molar-refractivity contribution is 0.409. The molecule has 0 bridgehead atoms. The maximum absolute atomic E-state index is 5.97. The van der Waals surface area contributed by atoms with E-state index >= 15 is 0 Å². The Morgan fingerprint density at radius 1 is 1.33 bits per heavy atom. The zero-order chi connectivity index (χ0) is 10.7. The number of nitrogens with two attached hydrogens (primary N) is 1. The van der Waals surface area contributed by atoms with Crippen LogP contribution in [0.5, 0.6) is 0 Å². The van der Waals surface area contributed by atoms with Crippen LogP contribution >= 0.6 is 0 Å². The van der Waals surface area contributed by atoms with Gasteiger partial charge in [0.2, 0.25) is 0 Å². The first kappa shape index (κ1) is 10.2. The molecule has 1 saturated carbocycles. The van der Waals surface area contributed by atoms with Crippen LogP contribution in [0.1, 0.15) is 37.8 Å². The Morgan fingerprint density at radius 2 is 2.00 bits per heavy atom. The molecule has 0 radical (unpaired) electrons. The second-order valence-electron chi connectivity index (χ2n) is 4.27. The largest absolute Gasteiger partial charge is 0.387 e. The molecule has 1 aromatic carbocycles. The normalized spacial score (nSPS) is 19.7. The predicted octanol–water partition coefficient (Wildman–Crippen LogP) is 2.90. The molecule has 2 nitrogen and oxygen atoms in total. The summed E-state index contributed by atoms with van der Waals surface area (Å²) in [5.74, 6) is 1.40. The Hall–Kier alpha value is -1.31. The molecule has 0 amide bonds. The monoisotopic (exact) mass is 202 g/mol. The molecule has 0 aliphatic heterocycles.